The summed E-state index contributed by atoms with van der Waals surface area (Å²) in [7, 11) is 0. The first-order chi connectivity index (χ1) is 7.69. The number of halogens is 1. The molecule has 0 saturated heterocycles. The Kier molecular flexibility index (Phi) is 5.32. The van der Waals surface area contributed by atoms with Gasteiger partial charge in [0.2, 0.25) is 11.2 Å². The van der Waals surface area contributed by atoms with Crippen LogP contribution in [0.25, 0.3) is 0 Å². The number of carbonyl (C=O) groups is 1. The maximum absolute atomic E-state index is 12.0. The van der Waals surface area contributed by atoms with E-state index < -0.39 is 0 Å². The first-order valence-corrected chi connectivity index (χ1v) is 6.01. The van der Waals surface area contributed by atoms with Gasteiger partial charge in [0.15, 0.2) is 0 Å². The number of amides is 1. The van der Waals surface area contributed by atoms with Gasteiger partial charge in [-0.3, -0.25) is 4.79 Å². The SMILES string of the molecule is CCCN(CCC)C(=O)Cn1ccnc1Cl. The monoisotopic (exact) mass is 243 g/mol. The van der Waals surface area contributed by atoms with Crippen LogP contribution in [0.4, 0.5) is 0 Å². The lowest BCUT2D eigenvalue weighted by molar-refractivity contribution is -0.131. The van der Waals surface area contributed by atoms with E-state index in [2.05, 4.69) is 18.8 Å². The van der Waals surface area contributed by atoms with E-state index >= 15 is 0 Å². The molecule has 1 amide bonds. The molecule has 0 aromatic carbocycles. The Bertz CT molecular complexity index is 332. The maximum Gasteiger partial charge on any atom is 0.242 e. The van der Waals surface area contributed by atoms with Gasteiger partial charge in [-0.05, 0) is 24.4 Å². The number of hydrogen-bond donors (Lipinski definition) is 0. The smallest absolute Gasteiger partial charge is 0.242 e. The van der Waals surface area contributed by atoms with E-state index in [1.54, 1.807) is 17.0 Å². The summed E-state index contributed by atoms with van der Waals surface area (Å²) in [6, 6.07) is 0. The van der Waals surface area contributed by atoms with Crippen molar-refractivity contribution in [2.24, 2.45) is 0 Å². The average molecular weight is 244 g/mol. The molecule has 1 heterocycles. The molecule has 0 spiro atoms. The van der Waals surface area contributed by atoms with E-state index in [1.807, 2.05) is 4.90 Å². The molecular formula is C11H18ClN3O. The summed E-state index contributed by atoms with van der Waals surface area (Å²) in [5.41, 5.74) is 0. The normalized spacial score (nSPS) is 10.4. The van der Waals surface area contributed by atoms with Crippen LogP contribution in [0.3, 0.4) is 0 Å². The second-order valence-corrected chi connectivity index (χ2v) is 4.04. The standard InChI is InChI=1S/C11H18ClN3O/c1-3-6-14(7-4-2)10(16)9-15-8-5-13-11(15)12/h5,8H,3-4,6-7,9H2,1-2H3. The second-order valence-electron chi connectivity index (χ2n) is 3.70. The summed E-state index contributed by atoms with van der Waals surface area (Å²) >= 11 is 5.82. The molecule has 90 valence electrons. The lowest BCUT2D eigenvalue weighted by atomic mass is 10.3. The Morgan fingerprint density at radius 1 is 1.44 bits per heavy atom. The van der Waals surface area contributed by atoms with Crippen LogP contribution < -0.4 is 0 Å². The van der Waals surface area contributed by atoms with Crippen molar-refractivity contribution in [2.45, 2.75) is 33.2 Å². The van der Waals surface area contributed by atoms with E-state index in [1.165, 1.54) is 0 Å². The molecule has 0 N–H and O–H groups in total. The van der Waals surface area contributed by atoms with Crippen molar-refractivity contribution in [3.8, 4) is 0 Å². The molecule has 0 aliphatic heterocycles. The Balaban J connectivity index is 2.58. The molecule has 1 rings (SSSR count). The Labute approximate surface area is 101 Å². The van der Waals surface area contributed by atoms with E-state index in [-0.39, 0.29) is 12.5 Å². The molecule has 0 aliphatic carbocycles. The molecule has 1 aromatic rings. The maximum atomic E-state index is 12.0. The van der Waals surface area contributed by atoms with Crippen LogP contribution in [0.1, 0.15) is 26.7 Å². The number of rotatable bonds is 6. The van der Waals surface area contributed by atoms with Gasteiger partial charge >= 0.3 is 0 Å². The minimum Gasteiger partial charge on any atom is -0.341 e. The highest BCUT2D eigenvalue weighted by atomic mass is 35.5. The summed E-state index contributed by atoms with van der Waals surface area (Å²) < 4.78 is 1.65. The van der Waals surface area contributed by atoms with Crippen molar-refractivity contribution < 1.29 is 4.79 Å². The van der Waals surface area contributed by atoms with Gasteiger partial charge in [-0.1, -0.05) is 13.8 Å². The van der Waals surface area contributed by atoms with Gasteiger partial charge < -0.3 is 9.47 Å². The topological polar surface area (TPSA) is 38.1 Å². The zero-order valence-corrected chi connectivity index (χ0v) is 10.6. The van der Waals surface area contributed by atoms with Gasteiger partial charge in [-0.2, -0.15) is 0 Å². The van der Waals surface area contributed by atoms with Crippen LogP contribution >= 0.6 is 11.6 Å². The van der Waals surface area contributed by atoms with Gasteiger partial charge in [0.1, 0.15) is 6.54 Å². The Morgan fingerprint density at radius 3 is 2.50 bits per heavy atom. The van der Waals surface area contributed by atoms with Crippen molar-refractivity contribution >= 4 is 17.5 Å². The first kappa shape index (κ1) is 13.0. The van der Waals surface area contributed by atoms with Crippen molar-refractivity contribution in [3.05, 3.63) is 17.7 Å². The third-order valence-electron chi connectivity index (χ3n) is 2.31. The number of aromatic nitrogens is 2. The first-order valence-electron chi connectivity index (χ1n) is 5.63. The summed E-state index contributed by atoms with van der Waals surface area (Å²) in [6.45, 7) is 6.02. The predicted octanol–water partition coefficient (Wildman–Crippen LogP) is 2.19. The lowest BCUT2D eigenvalue weighted by Gasteiger charge is -2.21. The van der Waals surface area contributed by atoms with Crippen LogP contribution in [0, 0.1) is 0 Å². The highest BCUT2D eigenvalue weighted by Crippen LogP contribution is 2.06. The second kappa shape index (κ2) is 6.53. The molecule has 1 aromatic heterocycles. The van der Waals surface area contributed by atoms with Crippen molar-refractivity contribution in [3.63, 3.8) is 0 Å². The van der Waals surface area contributed by atoms with Gasteiger partial charge in [0, 0.05) is 25.5 Å². The minimum absolute atomic E-state index is 0.101. The molecule has 0 fully saturated rings. The molecule has 16 heavy (non-hydrogen) atoms. The van der Waals surface area contributed by atoms with Crippen molar-refractivity contribution in [1.82, 2.24) is 14.5 Å². The van der Waals surface area contributed by atoms with Gasteiger partial charge in [0.25, 0.3) is 0 Å². The Hall–Kier alpha value is -1.03. The van der Waals surface area contributed by atoms with Gasteiger partial charge in [0.05, 0.1) is 0 Å². The zero-order valence-electron chi connectivity index (χ0n) is 9.82. The summed E-state index contributed by atoms with van der Waals surface area (Å²) in [4.78, 5) is 17.7. The zero-order chi connectivity index (χ0) is 12.0. The van der Waals surface area contributed by atoms with E-state index in [4.69, 9.17) is 11.6 Å². The van der Waals surface area contributed by atoms with Crippen LogP contribution in [0.2, 0.25) is 5.28 Å². The number of nitrogens with zero attached hydrogens (tertiary/aromatic N) is 3. The molecule has 0 saturated carbocycles. The molecule has 5 heteroatoms. The Morgan fingerprint density at radius 2 is 2.06 bits per heavy atom. The number of hydrogen-bond acceptors (Lipinski definition) is 2. The van der Waals surface area contributed by atoms with E-state index in [9.17, 15) is 4.79 Å². The lowest BCUT2D eigenvalue weighted by Crippen LogP contribution is -2.35. The molecular weight excluding hydrogens is 226 g/mol. The number of imidazole rings is 1. The van der Waals surface area contributed by atoms with Crippen molar-refractivity contribution in [2.75, 3.05) is 13.1 Å². The molecule has 0 radical (unpaired) electrons. The average Bonchev–Trinajstić information content (AvgIpc) is 2.64. The minimum atomic E-state index is 0.101. The molecule has 0 aliphatic rings. The fraction of sp³-hybridized carbons (Fsp3) is 0.636. The van der Waals surface area contributed by atoms with Gasteiger partial charge in [-0.15, -0.1) is 0 Å². The molecule has 0 bridgehead atoms. The third-order valence-corrected chi connectivity index (χ3v) is 2.62. The highest BCUT2D eigenvalue weighted by molar-refractivity contribution is 6.28. The van der Waals surface area contributed by atoms with Crippen LogP contribution in [-0.4, -0.2) is 33.4 Å². The van der Waals surface area contributed by atoms with Crippen LogP contribution in [0.5, 0.6) is 0 Å². The predicted molar refractivity (Wildman–Crippen MR) is 64.4 cm³/mol. The van der Waals surface area contributed by atoms with Crippen LogP contribution in [0.15, 0.2) is 12.4 Å². The fourth-order valence-corrected chi connectivity index (χ4v) is 1.75. The summed E-state index contributed by atoms with van der Waals surface area (Å²) in [5.74, 6) is 0.101. The summed E-state index contributed by atoms with van der Waals surface area (Å²) in [6.07, 6.45) is 5.27. The highest BCUT2D eigenvalue weighted by Gasteiger charge is 2.13. The number of carbonyl (C=O) groups excluding carboxylic acids is 1. The molecule has 4 nitrogen and oxygen atoms in total. The van der Waals surface area contributed by atoms with Gasteiger partial charge in [-0.25, -0.2) is 4.98 Å². The summed E-state index contributed by atoms with van der Waals surface area (Å²) in [5, 5.41) is 0.362. The molecule has 0 atom stereocenters. The van der Waals surface area contributed by atoms with Crippen molar-refractivity contribution in [1.29, 1.82) is 0 Å². The molecule has 0 unspecified atom stereocenters. The van der Waals surface area contributed by atoms with E-state index in [0.717, 1.165) is 25.9 Å². The van der Waals surface area contributed by atoms with E-state index in [0.29, 0.717) is 5.28 Å². The largest absolute Gasteiger partial charge is 0.341 e. The quantitative estimate of drug-likeness (QED) is 0.768. The third kappa shape index (κ3) is 3.52. The van der Waals surface area contributed by atoms with Crippen LogP contribution in [-0.2, 0) is 11.3 Å². The fourth-order valence-electron chi connectivity index (χ4n) is 1.58.